The van der Waals surface area contributed by atoms with Crippen LogP contribution in [0.1, 0.15) is 5.56 Å². The van der Waals surface area contributed by atoms with Crippen molar-refractivity contribution in [1.29, 1.82) is 0 Å². The van der Waals surface area contributed by atoms with Gasteiger partial charge in [0.25, 0.3) is 0 Å². The van der Waals surface area contributed by atoms with Crippen LogP contribution in [0.4, 0.5) is 4.39 Å². The molecule has 0 aliphatic heterocycles. The number of benzene rings is 1. The zero-order valence-corrected chi connectivity index (χ0v) is 5.34. The predicted molar refractivity (Wildman–Crippen MR) is 36.0 cm³/mol. The molecule has 0 heterocycles. The molecule has 3 heteroatoms. The lowest BCUT2D eigenvalue weighted by Crippen LogP contribution is -1.96. The van der Waals surface area contributed by atoms with Crippen molar-refractivity contribution in [1.82, 2.24) is 0 Å². The lowest BCUT2D eigenvalue weighted by atomic mass is 10.2. The summed E-state index contributed by atoms with van der Waals surface area (Å²) in [5.41, 5.74) is 5.78. The third-order valence-electron chi connectivity index (χ3n) is 1.27. The average molecular weight is 141 g/mol. The molecule has 0 aliphatic carbocycles. The quantitative estimate of drug-likeness (QED) is 0.612. The molecule has 0 unspecified atom stereocenters. The van der Waals surface area contributed by atoms with Gasteiger partial charge >= 0.3 is 0 Å². The largest absolute Gasteiger partial charge is 0.508 e. The van der Waals surface area contributed by atoms with E-state index in [0.717, 1.165) is 6.07 Å². The molecular weight excluding hydrogens is 133 g/mol. The zero-order valence-electron chi connectivity index (χ0n) is 5.34. The highest BCUT2D eigenvalue weighted by Crippen LogP contribution is 2.16. The molecule has 1 aromatic rings. The number of rotatable bonds is 1. The highest BCUT2D eigenvalue weighted by Gasteiger charge is 1.98. The molecule has 0 radical (unpaired) electrons. The second kappa shape index (κ2) is 2.66. The summed E-state index contributed by atoms with van der Waals surface area (Å²) >= 11 is 0. The average Bonchev–Trinajstić information content (AvgIpc) is 1.88. The molecule has 0 atom stereocenters. The summed E-state index contributed by atoms with van der Waals surface area (Å²) in [6.45, 7) is 0.228. The van der Waals surface area contributed by atoms with E-state index in [-0.39, 0.29) is 12.3 Å². The number of hydrogen-bond donors (Lipinski definition) is 2. The Kier molecular flexibility index (Phi) is 1.87. The van der Waals surface area contributed by atoms with Gasteiger partial charge in [-0.15, -0.1) is 0 Å². The third-order valence-corrected chi connectivity index (χ3v) is 1.27. The maximum atomic E-state index is 12.3. The molecule has 3 N–H and O–H groups in total. The summed E-state index contributed by atoms with van der Waals surface area (Å²) in [4.78, 5) is 0. The van der Waals surface area contributed by atoms with E-state index in [1.807, 2.05) is 0 Å². The zero-order chi connectivity index (χ0) is 7.56. The van der Waals surface area contributed by atoms with Gasteiger partial charge in [-0.1, -0.05) is 6.07 Å². The van der Waals surface area contributed by atoms with Gasteiger partial charge in [0, 0.05) is 18.2 Å². The van der Waals surface area contributed by atoms with Gasteiger partial charge in [0.2, 0.25) is 0 Å². The Morgan fingerprint density at radius 3 is 2.70 bits per heavy atom. The molecule has 0 bridgehead atoms. The summed E-state index contributed by atoms with van der Waals surface area (Å²) in [5, 5.41) is 8.97. The molecule has 0 fully saturated rings. The van der Waals surface area contributed by atoms with E-state index < -0.39 is 5.82 Å². The standard InChI is InChI=1S/C7H8FNO/c8-6-2-1-5(4-9)7(10)3-6/h1-3,10H,4,9H2. The van der Waals surface area contributed by atoms with Crippen molar-refractivity contribution < 1.29 is 9.50 Å². The molecule has 2 nitrogen and oxygen atoms in total. The van der Waals surface area contributed by atoms with Crippen LogP contribution < -0.4 is 5.73 Å². The number of phenols is 1. The maximum absolute atomic E-state index is 12.3. The van der Waals surface area contributed by atoms with Gasteiger partial charge in [-0.3, -0.25) is 0 Å². The first-order valence-corrected chi connectivity index (χ1v) is 2.91. The minimum absolute atomic E-state index is 0.0810. The minimum atomic E-state index is -0.449. The molecule has 10 heavy (non-hydrogen) atoms. The Hall–Kier alpha value is -1.09. The first-order chi connectivity index (χ1) is 4.74. The van der Waals surface area contributed by atoms with E-state index in [1.54, 1.807) is 0 Å². The smallest absolute Gasteiger partial charge is 0.126 e. The molecule has 0 saturated heterocycles. The van der Waals surface area contributed by atoms with Crippen LogP contribution in [-0.2, 0) is 6.54 Å². The molecule has 0 aromatic heterocycles. The third kappa shape index (κ3) is 1.25. The summed E-state index contributed by atoms with van der Waals surface area (Å²) in [6.07, 6.45) is 0. The molecular formula is C7H8FNO. The molecule has 0 saturated carbocycles. The van der Waals surface area contributed by atoms with Crippen LogP contribution in [0.15, 0.2) is 18.2 Å². The van der Waals surface area contributed by atoms with Crippen molar-refractivity contribution in [2.45, 2.75) is 6.54 Å². The summed E-state index contributed by atoms with van der Waals surface area (Å²) in [7, 11) is 0. The topological polar surface area (TPSA) is 46.2 Å². The van der Waals surface area contributed by atoms with E-state index in [4.69, 9.17) is 10.8 Å². The fourth-order valence-corrected chi connectivity index (χ4v) is 0.710. The van der Waals surface area contributed by atoms with Crippen molar-refractivity contribution in [2.24, 2.45) is 5.73 Å². The fraction of sp³-hybridized carbons (Fsp3) is 0.143. The molecule has 1 rings (SSSR count). The van der Waals surface area contributed by atoms with Crippen LogP contribution in [0, 0.1) is 5.82 Å². The molecule has 0 aliphatic rings. The summed E-state index contributed by atoms with van der Waals surface area (Å²) in [5.74, 6) is -0.530. The highest BCUT2D eigenvalue weighted by atomic mass is 19.1. The van der Waals surface area contributed by atoms with Gasteiger partial charge in [0.05, 0.1) is 0 Å². The van der Waals surface area contributed by atoms with E-state index >= 15 is 0 Å². The van der Waals surface area contributed by atoms with Crippen molar-refractivity contribution in [3.8, 4) is 5.75 Å². The Morgan fingerprint density at radius 2 is 2.20 bits per heavy atom. The lowest BCUT2D eigenvalue weighted by molar-refractivity contribution is 0.462. The molecule has 54 valence electrons. The predicted octanol–water partition coefficient (Wildman–Crippen LogP) is 0.990. The summed E-state index contributed by atoms with van der Waals surface area (Å²) < 4.78 is 12.3. The van der Waals surface area contributed by atoms with Crippen LogP contribution in [0.25, 0.3) is 0 Å². The van der Waals surface area contributed by atoms with Crippen molar-refractivity contribution >= 4 is 0 Å². The second-order valence-electron chi connectivity index (χ2n) is 1.98. The van der Waals surface area contributed by atoms with E-state index in [0.29, 0.717) is 5.56 Å². The van der Waals surface area contributed by atoms with Gasteiger partial charge in [0.15, 0.2) is 0 Å². The SMILES string of the molecule is NCc1ccc(F)cc1O. The molecule has 0 spiro atoms. The van der Waals surface area contributed by atoms with Gasteiger partial charge in [0.1, 0.15) is 11.6 Å². The Bertz CT molecular complexity index is 237. The first-order valence-electron chi connectivity index (χ1n) is 2.91. The number of aromatic hydroxyl groups is 1. The number of nitrogens with two attached hydrogens (primary N) is 1. The number of phenolic OH excluding ortho intramolecular Hbond substituents is 1. The van der Waals surface area contributed by atoms with Crippen molar-refractivity contribution in [3.05, 3.63) is 29.6 Å². The van der Waals surface area contributed by atoms with Crippen LogP contribution in [0.5, 0.6) is 5.75 Å². The van der Waals surface area contributed by atoms with Crippen molar-refractivity contribution in [2.75, 3.05) is 0 Å². The van der Waals surface area contributed by atoms with E-state index in [1.165, 1.54) is 12.1 Å². The number of hydrogen-bond acceptors (Lipinski definition) is 2. The molecule has 0 amide bonds. The molecule has 1 aromatic carbocycles. The Balaban J connectivity index is 3.07. The normalized spacial score (nSPS) is 9.80. The highest BCUT2D eigenvalue weighted by molar-refractivity contribution is 5.32. The fourth-order valence-electron chi connectivity index (χ4n) is 0.710. The van der Waals surface area contributed by atoms with E-state index in [9.17, 15) is 4.39 Å². The van der Waals surface area contributed by atoms with Crippen LogP contribution in [0.3, 0.4) is 0 Å². The Morgan fingerprint density at radius 1 is 1.50 bits per heavy atom. The van der Waals surface area contributed by atoms with Gasteiger partial charge in [-0.05, 0) is 6.07 Å². The lowest BCUT2D eigenvalue weighted by Gasteiger charge is -1.98. The van der Waals surface area contributed by atoms with Gasteiger partial charge in [-0.2, -0.15) is 0 Å². The summed E-state index contributed by atoms with van der Waals surface area (Å²) in [6, 6.07) is 3.77. The second-order valence-corrected chi connectivity index (χ2v) is 1.98. The number of halogens is 1. The van der Waals surface area contributed by atoms with Gasteiger partial charge < -0.3 is 10.8 Å². The monoisotopic (exact) mass is 141 g/mol. The van der Waals surface area contributed by atoms with E-state index in [2.05, 4.69) is 0 Å². The minimum Gasteiger partial charge on any atom is -0.508 e. The van der Waals surface area contributed by atoms with Crippen LogP contribution in [-0.4, -0.2) is 5.11 Å². The van der Waals surface area contributed by atoms with Crippen LogP contribution >= 0.6 is 0 Å². The van der Waals surface area contributed by atoms with Gasteiger partial charge in [-0.25, -0.2) is 4.39 Å². The first kappa shape index (κ1) is 7.02. The maximum Gasteiger partial charge on any atom is 0.126 e. The van der Waals surface area contributed by atoms with Crippen molar-refractivity contribution in [3.63, 3.8) is 0 Å². The Labute approximate surface area is 58.1 Å². The van der Waals surface area contributed by atoms with Crippen LogP contribution in [0.2, 0.25) is 0 Å².